The molecular formula is C18H22N2OS2. The Morgan fingerprint density at radius 2 is 2.17 bits per heavy atom. The molecule has 0 bridgehead atoms. The SMILES string of the molecule is Cc1ccc([C@@H](NC(=S)NC[C@@H]2CCCO2)c2cccs2)cc1. The standard InChI is InChI=1S/C18H22N2OS2/c1-13-6-8-14(9-7-13)17(16-5-3-11-23-16)20-18(22)19-12-15-4-2-10-21-15/h3,5-9,11,15,17H,2,4,10,12H2,1H3,(H2,19,20,22)/t15-,17+/m0/s1. The number of nitrogens with one attached hydrogen (secondary N) is 2. The van der Waals surface area contributed by atoms with Crippen molar-refractivity contribution in [3.63, 3.8) is 0 Å². The zero-order valence-electron chi connectivity index (χ0n) is 13.2. The van der Waals surface area contributed by atoms with Crippen molar-refractivity contribution in [1.29, 1.82) is 0 Å². The molecule has 1 fully saturated rings. The van der Waals surface area contributed by atoms with Crippen LogP contribution in [0.15, 0.2) is 41.8 Å². The van der Waals surface area contributed by atoms with Gasteiger partial charge in [0.1, 0.15) is 0 Å². The van der Waals surface area contributed by atoms with E-state index in [1.54, 1.807) is 11.3 Å². The van der Waals surface area contributed by atoms with E-state index >= 15 is 0 Å². The Bertz CT molecular complexity index is 619. The van der Waals surface area contributed by atoms with Crippen molar-refractivity contribution in [1.82, 2.24) is 10.6 Å². The molecule has 3 nitrogen and oxygen atoms in total. The van der Waals surface area contributed by atoms with Crippen LogP contribution in [-0.2, 0) is 4.74 Å². The van der Waals surface area contributed by atoms with E-state index in [-0.39, 0.29) is 12.1 Å². The van der Waals surface area contributed by atoms with Crippen LogP contribution in [0, 0.1) is 6.92 Å². The first-order valence-electron chi connectivity index (χ1n) is 7.98. The van der Waals surface area contributed by atoms with E-state index in [0.29, 0.717) is 5.11 Å². The van der Waals surface area contributed by atoms with Gasteiger partial charge in [-0.25, -0.2) is 0 Å². The minimum atomic E-state index is 0.0834. The van der Waals surface area contributed by atoms with Crippen LogP contribution in [0.5, 0.6) is 0 Å². The van der Waals surface area contributed by atoms with Gasteiger partial charge in [0.15, 0.2) is 5.11 Å². The van der Waals surface area contributed by atoms with E-state index in [9.17, 15) is 0 Å². The van der Waals surface area contributed by atoms with Gasteiger partial charge in [0, 0.05) is 18.0 Å². The van der Waals surface area contributed by atoms with Gasteiger partial charge >= 0.3 is 0 Å². The number of thiocarbonyl (C=S) groups is 1. The van der Waals surface area contributed by atoms with Crippen molar-refractivity contribution in [2.24, 2.45) is 0 Å². The van der Waals surface area contributed by atoms with Crippen molar-refractivity contribution in [3.8, 4) is 0 Å². The first-order chi connectivity index (χ1) is 11.2. The van der Waals surface area contributed by atoms with E-state index < -0.39 is 0 Å². The smallest absolute Gasteiger partial charge is 0.167 e. The quantitative estimate of drug-likeness (QED) is 0.807. The highest BCUT2D eigenvalue weighted by molar-refractivity contribution is 7.80. The van der Waals surface area contributed by atoms with E-state index in [0.717, 1.165) is 26.0 Å². The predicted octanol–water partition coefficient (Wildman–Crippen LogP) is 3.79. The average Bonchev–Trinajstić information content (AvgIpc) is 3.25. The molecule has 1 aromatic carbocycles. The minimum absolute atomic E-state index is 0.0834. The van der Waals surface area contributed by atoms with Gasteiger partial charge in [-0.1, -0.05) is 35.9 Å². The fourth-order valence-electron chi connectivity index (χ4n) is 2.73. The third kappa shape index (κ3) is 4.53. The second kappa shape index (κ2) is 7.90. The Balaban J connectivity index is 1.66. The number of benzene rings is 1. The largest absolute Gasteiger partial charge is 0.376 e. The van der Waals surface area contributed by atoms with Gasteiger partial charge in [0.25, 0.3) is 0 Å². The van der Waals surface area contributed by atoms with E-state index in [1.165, 1.54) is 16.0 Å². The number of hydrogen-bond acceptors (Lipinski definition) is 3. The van der Waals surface area contributed by atoms with Crippen molar-refractivity contribution in [2.45, 2.75) is 31.9 Å². The molecule has 23 heavy (non-hydrogen) atoms. The van der Waals surface area contributed by atoms with Crippen LogP contribution in [0.2, 0.25) is 0 Å². The summed E-state index contributed by atoms with van der Waals surface area (Å²) in [5.41, 5.74) is 2.48. The molecular weight excluding hydrogens is 324 g/mol. The number of aryl methyl sites for hydroxylation is 1. The molecule has 2 N–H and O–H groups in total. The molecule has 0 amide bonds. The Morgan fingerprint density at radius 1 is 1.35 bits per heavy atom. The number of thiophene rings is 1. The fraction of sp³-hybridized carbons (Fsp3) is 0.389. The molecule has 1 aliphatic heterocycles. The summed E-state index contributed by atoms with van der Waals surface area (Å²) in [6, 6.07) is 12.9. The molecule has 0 unspecified atom stereocenters. The van der Waals surface area contributed by atoms with Crippen LogP contribution >= 0.6 is 23.6 Å². The van der Waals surface area contributed by atoms with Crippen LogP contribution in [0.4, 0.5) is 0 Å². The Hall–Kier alpha value is -1.43. The van der Waals surface area contributed by atoms with Crippen LogP contribution in [0.1, 0.15) is 34.9 Å². The van der Waals surface area contributed by atoms with Crippen LogP contribution in [-0.4, -0.2) is 24.4 Å². The Morgan fingerprint density at radius 3 is 2.83 bits per heavy atom. The summed E-state index contributed by atoms with van der Waals surface area (Å²) in [5.74, 6) is 0. The summed E-state index contributed by atoms with van der Waals surface area (Å²) in [5, 5.41) is 9.53. The lowest BCUT2D eigenvalue weighted by atomic mass is 10.0. The molecule has 1 aliphatic rings. The maximum Gasteiger partial charge on any atom is 0.167 e. The molecule has 0 spiro atoms. The van der Waals surface area contributed by atoms with Crippen LogP contribution < -0.4 is 10.6 Å². The molecule has 3 rings (SSSR count). The van der Waals surface area contributed by atoms with Gasteiger partial charge in [-0.15, -0.1) is 11.3 Å². The molecule has 0 saturated carbocycles. The van der Waals surface area contributed by atoms with E-state index in [1.807, 2.05) is 0 Å². The van der Waals surface area contributed by atoms with Gasteiger partial charge in [0.05, 0.1) is 12.1 Å². The molecule has 0 radical (unpaired) electrons. The molecule has 0 aliphatic carbocycles. The van der Waals surface area contributed by atoms with Gasteiger partial charge in [-0.2, -0.15) is 0 Å². The highest BCUT2D eigenvalue weighted by Crippen LogP contribution is 2.26. The first-order valence-corrected chi connectivity index (χ1v) is 9.27. The van der Waals surface area contributed by atoms with Crippen LogP contribution in [0.25, 0.3) is 0 Å². The molecule has 1 saturated heterocycles. The summed E-state index contributed by atoms with van der Waals surface area (Å²) in [6.07, 6.45) is 2.55. The topological polar surface area (TPSA) is 33.3 Å². The van der Waals surface area contributed by atoms with Gasteiger partial charge in [-0.05, 0) is 49.0 Å². The van der Waals surface area contributed by atoms with Crippen molar-refractivity contribution < 1.29 is 4.74 Å². The maximum atomic E-state index is 5.63. The number of hydrogen-bond donors (Lipinski definition) is 2. The average molecular weight is 347 g/mol. The van der Waals surface area contributed by atoms with Gasteiger partial charge < -0.3 is 15.4 Å². The normalized spacial score (nSPS) is 18.6. The highest BCUT2D eigenvalue weighted by atomic mass is 32.1. The molecule has 122 valence electrons. The Kier molecular flexibility index (Phi) is 5.65. The molecule has 2 atom stereocenters. The first kappa shape index (κ1) is 16.4. The second-order valence-electron chi connectivity index (χ2n) is 5.85. The lowest BCUT2D eigenvalue weighted by molar-refractivity contribution is 0.114. The van der Waals surface area contributed by atoms with Crippen molar-refractivity contribution in [3.05, 3.63) is 57.8 Å². The summed E-state index contributed by atoms with van der Waals surface area (Å²) in [6.45, 7) is 3.75. The van der Waals surface area contributed by atoms with E-state index in [4.69, 9.17) is 17.0 Å². The summed E-state index contributed by atoms with van der Waals surface area (Å²) < 4.78 is 5.63. The van der Waals surface area contributed by atoms with Crippen molar-refractivity contribution >= 4 is 28.7 Å². The summed E-state index contributed by atoms with van der Waals surface area (Å²) in [7, 11) is 0. The Labute approximate surface area is 147 Å². The molecule has 5 heteroatoms. The number of ether oxygens (including phenoxy) is 1. The fourth-order valence-corrected chi connectivity index (χ4v) is 3.73. The molecule has 2 aromatic rings. The van der Waals surface area contributed by atoms with Crippen LogP contribution in [0.3, 0.4) is 0 Å². The third-order valence-electron chi connectivity index (χ3n) is 4.03. The van der Waals surface area contributed by atoms with Gasteiger partial charge in [-0.3, -0.25) is 0 Å². The maximum absolute atomic E-state index is 5.63. The second-order valence-corrected chi connectivity index (χ2v) is 7.24. The monoisotopic (exact) mass is 346 g/mol. The predicted molar refractivity (Wildman–Crippen MR) is 100 cm³/mol. The number of rotatable bonds is 5. The zero-order valence-corrected chi connectivity index (χ0v) is 14.9. The minimum Gasteiger partial charge on any atom is -0.376 e. The molecule has 2 heterocycles. The lowest BCUT2D eigenvalue weighted by Gasteiger charge is -2.21. The summed E-state index contributed by atoms with van der Waals surface area (Å²) in [4.78, 5) is 1.26. The third-order valence-corrected chi connectivity index (χ3v) is 5.23. The summed E-state index contributed by atoms with van der Waals surface area (Å²) >= 11 is 7.23. The van der Waals surface area contributed by atoms with Crippen molar-refractivity contribution in [2.75, 3.05) is 13.2 Å². The highest BCUT2D eigenvalue weighted by Gasteiger charge is 2.18. The van der Waals surface area contributed by atoms with Gasteiger partial charge in [0.2, 0.25) is 0 Å². The van der Waals surface area contributed by atoms with E-state index in [2.05, 4.69) is 59.3 Å². The molecule has 1 aromatic heterocycles. The lowest BCUT2D eigenvalue weighted by Crippen LogP contribution is -2.41. The zero-order chi connectivity index (χ0) is 16.1.